The highest BCUT2D eigenvalue weighted by molar-refractivity contribution is 5.55. The van der Waals surface area contributed by atoms with Crippen LogP contribution in [0.25, 0.3) is 0 Å². The number of aliphatic imine (C=N–C) groups is 1. The number of hydrogen-bond donors (Lipinski definition) is 0. The first-order chi connectivity index (χ1) is 8.38. The summed E-state index contributed by atoms with van der Waals surface area (Å²) >= 11 is 0. The molecule has 1 radical (unpaired) electrons. The lowest BCUT2D eigenvalue weighted by atomic mass is 10.0. The topological polar surface area (TPSA) is 29.4 Å². The second-order valence-corrected chi connectivity index (χ2v) is 4.17. The van der Waals surface area contributed by atoms with Crippen molar-refractivity contribution < 1.29 is 4.79 Å². The lowest BCUT2D eigenvalue weighted by molar-refractivity contribution is 0.565. The predicted molar refractivity (Wildman–Crippen MR) is 71.0 cm³/mol. The van der Waals surface area contributed by atoms with Gasteiger partial charge >= 0.3 is 0 Å². The van der Waals surface area contributed by atoms with E-state index in [0.717, 1.165) is 17.7 Å². The molecule has 0 saturated carbocycles. The number of hydrogen-bond acceptors (Lipinski definition) is 2. The molecule has 0 saturated heterocycles. The molecule has 0 fully saturated rings. The Bertz CT molecular complexity index is 367. The highest BCUT2D eigenvalue weighted by atomic mass is 16.1. The molecule has 2 heteroatoms. The number of carbonyl (C=O) groups excluding carboxylic acids is 1. The zero-order valence-corrected chi connectivity index (χ0v) is 10.5. The predicted octanol–water partition coefficient (Wildman–Crippen LogP) is 4.57. The van der Waals surface area contributed by atoms with Crippen LogP contribution in [0.3, 0.4) is 0 Å². The number of rotatable bonds is 8. The summed E-state index contributed by atoms with van der Waals surface area (Å²) in [5.41, 5.74) is 1.75. The molecule has 0 atom stereocenters. The van der Waals surface area contributed by atoms with Gasteiger partial charge in [0.25, 0.3) is 0 Å². The fraction of sp³-hybridized carbons (Fsp3) is 0.467. The molecular weight excluding hydrogens is 210 g/mol. The van der Waals surface area contributed by atoms with E-state index in [1.54, 1.807) is 6.08 Å². The number of nitrogens with zero attached hydrogens (tertiary/aromatic N) is 1. The molecule has 0 heterocycles. The Morgan fingerprint density at radius 1 is 1.18 bits per heavy atom. The van der Waals surface area contributed by atoms with Crippen molar-refractivity contribution in [2.45, 2.75) is 45.4 Å². The van der Waals surface area contributed by atoms with E-state index in [1.165, 1.54) is 32.1 Å². The summed E-state index contributed by atoms with van der Waals surface area (Å²) in [5, 5.41) is 0. The van der Waals surface area contributed by atoms with Crippen molar-refractivity contribution in [3.63, 3.8) is 0 Å². The quantitative estimate of drug-likeness (QED) is 0.365. The molecule has 2 nitrogen and oxygen atoms in total. The lowest BCUT2D eigenvalue weighted by Crippen LogP contribution is -1.84. The van der Waals surface area contributed by atoms with E-state index in [4.69, 9.17) is 0 Å². The van der Waals surface area contributed by atoms with Gasteiger partial charge in [-0.05, 0) is 24.5 Å². The average molecular weight is 230 g/mol. The van der Waals surface area contributed by atoms with Crippen molar-refractivity contribution in [2.24, 2.45) is 4.99 Å². The van der Waals surface area contributed by atoms with Crippen LogP contribution in [0.5, 0.6) is 0 Å². The van der Waals surface area contributed by atoms with Crippen molar-refractivity contribution in [1.29, 1.82) is 0 Å². The van der Waals surface area contributed by atoms with Gasteiger partial charge in [-0.15, -0.1) is 0 Å². The van der Waals surface area contributed by atoms with Gasteiger partial charge in [0.15, 0.2) is 0 Å². The van der Waals surface area contributed by atoms with Crippen molar-refractivity contribution in [2.75, 3.05) is 0 Å². The van der Waals surface area contributed by atoms with Crippen LogP contribution in [0.2, 0.25) is 0 Å². The monoisotopic (exact) mass is 230 g/mol. The number of para-hydroxylation sites is 1. The third-order valence-corrected chi connectivity index (χ3v) is 2.77. The van der Waals surface area contributed by atoms with Gasteiger partial charge in [-0.3, -0.25) is 0 Å². The molecule has 0 aliphatic rings. The van der Waals surface area contributed by atoms with Crippen molar-refractivity contribution in [3.8, 4) is 0 Å². The smallest absolute Gasteiger partial charge is 0.211 e. The van der Waals surface area contributed by atoms with Crippen LogP contribution in [0.1, 0.15) is 51.0 Å². The van der Waals surface area contributed by atoms with Crippen molar-refractivity contribution in [3.05, 3.63) is 36.2 Å². The van der Waals surface area contributed by atoms with Gasteiger partial charge in [0, 0.05) is 0 Å². The Kier molecular flexibility index (Phi) is 7.01. The van der Waals surface area contributed by atoms with Crippen LogP contribution in [0.15, 0.2) is 29.3 Å². The molecule has 0 spiro atoms. The summed E-state index contributed by atoms with van der Waals surface area (Å²) in [4.78, 5) is 14.0. The van der Waals surface area contributed by atoms with Crippen LogP contribution in [-0.2, 0) is 4.79 Å². The van der Waals surface area contributed by atoms with Crippen LogP contribution in [-0.4, -0.2) is 6.08 Å². The summed E-state index contributed by atoms with van der Waals surface area (Å²) in [6.45, 7) is 2.22. The minimum absolute atomic E-state index is 0.719. The number of isocyanates is 1. The Balaban J connectivity index is 2.33. The van der Waals surface area contributed by atoms with Gasteiger partial charge in [-0.1, -0.05) is 57.2 Å². The zero-order chi connectivity index (χ0) is 12.3. The molecule has 1 rings (SSSR count). The molecule has 17 heavy (non-hydrogen) atoms. The molecule has 1 aromatic rings. The Morgan fingerprint density at radius 2 is 1.94 bits per heavy atom. The third-order valence-electron chi connectivity index (χ3n) is 2.77. The molecule has 0 unspecified atom stereocenters. The summed E-state index contributed by atoms with van der Waals surface area (Å²) in [7, 11) is 0. The molecule has 91 valence electrons. The third kappa shape index (κ3) is 5.46. The van der Waals surface area contributed by atoms with Gasteiger partial charge in [0.05, 0.1) is 5.69 Å². The molecule has 0 aromatic heterocycles. The summed E-state index contributed by atoms with van der Waals surface area (Å²) in [6.07, 6.45) is 11.2. The van der Waals surface area contributed by atoms with E-state index in [9.17, 15) is 4.79 Å². The van der Waals surface area contributed by atoms with E-state index in [0.29, 0.717) is 0 Å². The fourth-order valence-corrected chi connectivity index (χ4v) is 1.82. The van der Waals surface area contributed by atoms with Crippen LogP contribution in [0.4, 0.5) is 5.69 Å². The Hall–Kier alpha value is -1.40. The first-order valence-corrected chi connectivity index (χ1v) is 6.38. The van der Waals surface area contributed by atoms with Gasteiger partial charge in [-0.2, -0.15) is 4.99 Å². The van der Waals surface area contributed by atoms with Crippen molar-refractivity contribution in [1.82, 2.24) is 0 Å². The Morgan fingerprint density at radius 3 is 2.71 bits per heavy atom. The maximum absolute atomic E-state index is 10.3. The largest absolute Gasteiger partial charge is 0.240 e. The first kappa shape index (κ1) is 13.7. The van der Waals surface area contributed by atoms with E-state index in [1.807, 2.05) is 24.3 Å². The molecule has 0 N–H and O–H groups in total. The summed E-state index contributed by atoms with van der Waals surface area (Å²) < 4.78 is 0. The van der Waals surface area contributed by atoms with Gasteiger partial charge in [-0.25, -0.2) is 4.79 Å². The SMILES string of the molecule is CCCCCCC[CH]c1ccccc1N=C=O. The minimum Gasteiger partial charge on any atom is -0.211 e. The maximum Gasteiger partial charge on any atom is 0.240 e. The summed E-state index contributed by atoms with van der Waals surface area (Å²) in [5.74, 6) is 0. The van der Waals surface area contributed by atoms with Gasteiger partial charge in [0.2, 0.25) is 6.08 Å². The maximum atomic E-state index is 10.3. The standard InChI is InChI=1S/C15H20NO/c1-2-3-4-5-6-7-10-14-11-8-9-12-15(14)16-13-17/h8-12H,2-7H2,1H3. The Labute approximate surface area is 104 Å². The molecule has 0 aliphatic carbocycles. The van der Waals surface area contributed by atoms with Crippen molar-refractivity contribution >= 4 is 11.8 Å². The lowest BCUT2D eigenvalue weighted by Gasteiger charge is -2.03. The van der Waals surface area contributed by atoms with Gasteiger partial charge in [0.1, 0.15) is 0 Å². The van der Waals surface area contributed by atoms with E-state index in [-0.39, 0.29) is 0 Å². The van der Waals surface area contributed by atoms with E-state index < -0.39 is 0 Å². The van der Waals surface area contributed by atoms with Crippen LogP contribution in [0, 0.1) is 6.42 Å². The molecule has 0 aliphatic heterocycles. The average Bonchev–Trinajstić information content (AvgIpc) is 2.36. The normalized spacial score (nSPS) is 9.94. The first-order valence-electron chi connectivity index (χ1n) is 6.38. The summed E-state index contributed by atoms with van der Waals surface area (Å²) in [6, 6.07) is 7.68. The van der Waals surface area contributed by atoms with Crippen LogP contribution < -0.4 is 0 Å². The van der Waals surface area contributed by atoms with Gasteiger partial charge < -0.3 is 0 Å². The molecule has 0 amide bonds. The second-order valence-electron chi connectivity index (χ2n) is 4.17. The molecule has 1 aromatic carbocycles. The highest BCUT2D eigenvalue weighted by Crippen LogP contribution is 2.22. The molecule has 0 bridgehead atoms. The number of unbranched alkanes of at least 4 members (excludes halogenated alkanes) is 5. The van der Waals surface area contributed by atoms with E-state index in [2.05, 4.69) is 18.3 Å². The number of benzene rings is 1. The highest BCUT2D eigenvalue weighted by Gasteiger charge is 2.00. The molecular formula is C15H20NO. The second kappa shape index (κ2) is 8.72. The zero-order valence-electron chi connectivity index (χ0n) is 10.5. The minimum atomic E-state index is 0.719. The van der Waals surface area contributed by atoms with E-state index >= 15 is 0 Å². The fourth-order valence-electron chi connectivity index (χ4n) is 1.82. The van der Waals surface area contributed by atoms with Crippen LogP contribution >= 0.6 is 0 Å².